The van der Waals surface area contributed by atoms with Gasteiger partial charge in [-0.2, -0.15) is 0 Å². The number of morpholine rings is 1. The number of fused-ring (bicyclic) bond motifs is 1. The molecule has 0 bridgehead atoms. The SMILES string of the molecule is CN(C)S(=O)(=O)c1ccc(N2CCOCC2)c(C(=O)Nc2nc3ccccc3s2)c1. The summed E-state index contributed by atoms with van der Waals surface area (Å²) in [6.45, 7) is 2.36. The van der Waals surface area contributed by atoms with Gasteiger partial charge in [0.2, 0.25) is 10.0 Å². The number of anilines is 2. The fourth-order valence-electron chi connectivity index (χ4n) is 3.24. The van der Waals surface area contributed by atoms with Gasteiger partial charge < -0.3 is 9.64 Å². The predicted octanol–water partition coefficient (Wildman–Crippen LogP) is 2.64. The van der Waals surface area contributed by atoms with Gasteiger partial charge in [-0.05, 0) is 30.3 Å². The van der Waals surface area contributed by atoms with E-state index in [1.807, 2.05) is 29.2 Å². The molecule has 1 aliphatic heterocycles. The third-order valence-electron chi connectivity index (χ3n) is 4.86. The van der Waals surface area contributed by atoms with E-state index in [0.29, 0.717) is 42.7 Å². The van der Waals surface area contributed by atoms with E-state index < -0.39 is 15.9 Å². The summed E-state index contributed by atoms with van der Waals surface area (Å²) in [6.07, 6.45) is 0. The third kappa shape index (κ3) is 4.04. The molecule has 10 heteroatoms. The molecule has 0 saturated carbocycles. The third-order valence-corrected chi connectivity index (χ3v) is 7.62. The van der Waals surface area contributed by atoms with Crippen LogP contribution in [0.25, 0.3) is 10.2 Å². The van der Waals surface area contributed by atoms with E-state index >= 15 is 0 Å². The van der Waals surface area contributed by atoms with Gasteiger partial charge in [-0.15, -0.1) is 0 Å². The maximum atomic E-state index is 13.2. The number of carbonyl (C=O) groups is 1. The molecule has 158 valence electrons. The van der Waals surface area contributed by atoms with Gasteiger partial charge in [0.15, 0.2) is 5.13 Å². The van der Waals surface area contributed by atoms with Crippen molar-refractivity contribution in [1.82, 2.24) is 9.29 Å². The van der Waals surface area contributed by atoms with Crippen LogP contribution in [0.3, 0.4) is 0 Å². The Morgan fingerprint density at radius 1 is 1.17 bits per heavy atom. The molecule has 1 aromatic heterocycles. The number of amides is 1. The second kappa shape index (κ2) is 8.31. The number of thiazole rings is 1. The molecular weight excluding hydrogens is 424 g/mol. The molecule has 30 heavy (non-hydrogen) atoms. The lowest BCUT2D eigenvalue weighted by Gasteiger charge is -2.30. The highest BCUT2D eigenvalue weighted by atomic mass is 32.2. The summed E-state index contributed by atoms with van der Waals surface area (Å²) in [4.78, 5) is 19.7. The number of hydrogen-bond acceptors (Lipinski definition) is 7. The quantitative estimate of drug-likeness (QED) is 0.648. The normalized spacial score (nSPS) is 15.0. The summed E-state index contributed by atoms with van der Waals surface area (Å²) in [6, 6.07) is 12.3. The van der Waals surface area contributed by atoms with Gasteiger partial charge in [-0.25, -0.2) is 17.7 Å². The number of rotatable bonds is 5. The molecule has 4 rings (SSSR count). The van der Waals surface area contributed by atoms with Gasteiger partial charge >= 0.3 is 0 Å². The van der Waals surface area contributed by atoms with Gasteiger partial charge in [0.1, 0.15) is 0 Å². The smallest absolute Gasteiger partial charge is 0.259 e. The van der Waals surface area contributed by atoms with E-state index in [1.165, 1.54) is 37.6 Å². The number of para-hydroxylation sites is 1. The van der Waals surface area contributed by atoms with Crippen molar-refractivity contribution in [2.75, 3.05) is 50.6 Å². The van der Waals surface area contributed by atoms with Crippen LogP contribution < -0.4 is 10.2 Å². The Morgan fingerprint density at radius 3 is 2.60 bits per heavy atom. The number of sulfonamides is 1. The topological polar surface area (TPSA) is 91.8 Å². The summed E-state index contributed by atoms with van der Waals surface area (Å²) < 4.78 is 32.7. The average molecular weight is 447 g/mol. The van der Waals surface area contributed by atoms with Crippen LogP contribution in [-0.4, -0.2) is 64.0 Å². The number of carbonyl (C=O) groups excluding carboxylic acids is 1. The lowest BCUT2D eigenvalue weighted by molar-refractivity contribution is 0.102. The van der Waals surface area contributed by atoms with Crippen molar-refractivity contribution in [3.8, 4) is 0 Å². The lowest BCUT2D eigenvalue weighted by atomic mass is 10.1. The first-order chi connectivity index (χ1) is 14.4. The molecule has 2 aromatic carbocycles. The Bertz CT molecular complexity index is 1150. The van der Waals surface area contributed by atoms with Crippen LogP contribution in [-0.2, 0) is 14.8 Å². The number of hydrogen-bond donors (Lipinski definition) is 1. The zero-order chi connectivity index (χ0) is 21.3. The van der Waals surface area contributed by atoms with Crippen LogP contribution in [0.5, 0.6) is 0 Å². The molecule has 1 fully saturated rings. The van der Waals surface area contributed by atoms with Crippen molar-refractivity contribution in [3.05, 3.63) is 48.0 Å². The lowest BCUT2D eigenvalue weighted by Crippen LogP contribution is -2.37. The van der Waals surface area contributed by atoms with E-state index in [2.05, 4.69) is 10.3 Å². The fraction of sp³-hybridized carbons (Fsp3) is 0.300. The van der Waals surface area contributed by atoms with Crippen LogP contribution in [0.1, 0.15) is 10.4 Å². The van der Waals surface area contributed by atoms with Gasteiger partial charge in [0.05, 0.1) is 33.9 Å². The molecule has 1 amide bonds. The van der Waals surface area contributed by atoms with Gasteiger partial charge in [0, 0.05) is 32.9 Å². The van der Waals surface area contributed by atoms with Gasteiger partial charge in [-0.3, -0.25) is 10.1 Å². The summed E-state index contributed by atoms with van der Waals surface area (Å²) >= 11 is 1.37. The van der Waals surface area contributed by atoms with Crippen molar-refractivity contribution in [3.63, 3.8) is 0 Å². The van der Waals surface area contributed by atoms with E-state index in [-0.39, 0.29) is 4.90 Å². The Balaban J connectivity index is 1.72. The molecular formula is C20H22N4O4S2. The second-order valence-electron chi connectivity index (χ2n) is 7.01. The summed E-state index contributed by atoms with van der Waals surface area (Å²) in [5, 5.41) is 3.30. The molecule has 0 aliphatic carbocycles. The Kier molecular flexibility index (Phi) is 5.74. The number of ether oxygens (including phenoxy) is 1. The minimum atomic E-state index is -3.68. The molecule has 2 heterocycles. The van der Waals surface area contributed by atoms with E-state index in [9.17, 15) is 13.2 Å². The standard InChI is InChI=1S/C20H22N4O4S2/c1-23(2)30(26,27)14-7-8-17(24-9-11-28-12-10-24)15(13-14)19(25)22-20-21-16-5-3-4-6-18(16)29-20/h3-8,13H,9-12H2,1-2H3,(H,21,22,25). The van der Waals surface area contributed by atoms with E-state index in [4.69, 9.17) is 4.74 Å². The van der Waals surface area contributed by atoms with Crippen LogP contribution in [0.15, 0.2) is 47.4 Å². The average Bonchev–Trinajstić information content (AvgIpc) is 3.16. The van der Waals surface area contributed by atoms with Crippen LogP contribution in [0, 0.1) is 0 Å². The van der Waals surface area contributed by atoms with E-state index in [1.54, 1.807) is 6.07 Å². The first-order valence-corrected chi connectivity index (χ1v) is 11.7. The highest BCUT2D eigenvalue weighted by Gasteiger charge is 2.24. The summed E-state index contributed by atoms with van der Waals surface area (Å²) in [7, 11) is -0.748. The molecule has 3 aromatic rings. The Labute approximate surface area is 179 Å². The predicted molar refractivity (Wildman–Crippen MR) is 118 cm³/mol. The summed E-state index contributed by atoms with van der Waals surface area (Å²) in [5.41, 5.74) is 1.77. The second-order valence-corrected chi connectivity index (χ2v) is 10.2. The highest BCUT2D eigenvalue weighted by Crippen LogP contribution is 2.29. The number of benzene rings is 2. The molecule has 0 spiro atoms. The minimum Gasteiger partial charge on any atom is -0.378 e. The largest absolute Gasteiger partial charge is 0.378 e. The van der Waals surface area contributed by atoms with Crippen LogP contribution >= 0.6 is 11.3 Å². The summed E-state index contributed by atoms with van der Waals surface area (Å²) in [5.74, 6) is -0.397. The monoisotopic (exact) mass is 446 g/mol. The molecule has 8 nitrogen and oxygen atoms in total. The van der Waals surface area contributed by atoms with Crippen LogP contribution in [0.2, 0.25) is 0 Å². The van der Waals surface area contributed by atoms with Crippen molar-refractivity contribution in [2.24, 2.45) is 0 Å². The zero-order valence-electron chi connectivity index (χ0n) is 16.7. The van der Waals surface area contributed by atoms with Crippen molar-refractivity contribution >= 4 is 48.3 Å². The highest BCUT2D eigenvalue weighted by molar-refractivity contribution is 7.89. The molecule has 1 N–H and O–H groups in total. The Morgan fingerprint density at radius 2 is 1.90 bits per heavy atom. The molecule has 1 aliphatic rings. The van der Waals surface area contributed by atoms with E-state index in [0.717, 1.165) is 14.5 Å². The van der Waals surface area contributed by atoms with Gasteiger partial charge in [0.25, 0.3) is 5.91 Å². The van der Waals surface area contributed by atoms with Gasteiger partial charge in [-0.1, -0.05) is 23.5 Å². The van der Waals surface area contributed by atoms with Crippen molar-refractivity contribution < 1.29 is 17.9 Å². The molecule has 0 atom stereocenters. The first-order valence-electron chi connectivity index (χ1n) is 9.42. The maximum Gasteiger partial charge on any atom is 0.259 e. The van der Waals surface area contributed by atoms with Crippen LogP contribution in [0.4, 0.5) is 10.8 Å². The molecule has 0 unspecified atom stereocenters. The zero-order valence-corrected chi connectivity index (χ0v) is 18.3. The molecule has 1 saturated heterocycles. The Hall–Kier alpha value is -2.53. The maximum absolute atomic E-state index is 13.2. The molecule has 0 radical (unpaired) electrons. The number of nitrogens with zero attached hydrogens (tertiary/aromatic N) is 3. The minimum absolute atomic E-state index is 0.0685. The van der Waals surface area contributed by atoms with Crippen molar-refractivity contribution in [1.29, 1.82) is 0 Å². The number of aromatic nitrogens is 1. The first kappa shape index (κ1) is 20.7. The number of nitrogens with one attached hydrogen (secondary N) is 1. The fourth-order valence-corrected chi connectivity index (χ4v) is 5.03. The van der Waals surface area contributed by atoms with Crippen molar-refractivity contribution in [2.45, 2.75) is 4.90 Å².